The van der Waals surface area contributed by atoms with E-state index in [4.69, 9.17) is 10.5 Å². The second kappa shape index (κ2) is 33.9. The Kier molecular flexibility index (Phi) is 27.5. The van der Waals surface area contributed by atoms with Gasteiger partial charge in [0, 0.05) is 56.2 Å². The van der Waals surface area contributed by atoms with Gasteiger partial charge in [-0.15, -0.1) is 0 Å². The van der Waals surface area contributed by atoms with Crippen molar-refractivity contribution >= 4 is 75.1 Å². The Morgan fingerprint density at radius 3 is 1.97 bits per heavy atom. The van der Waals surface area contributed by atoms with E-state index in [1.165, 1.54) is 16.7 Å². The van der Waals surface area contributed by atoms with Crippen molar-refractivity contribution < 1.29 is 61.1 Å². The molecule has 2 fully saturated rings. The van der Waals surface area contributed by atoms with Crippen molar-refractivity contribution in [3.05, 3.63) is 113 Å². The van der Waals surface area contributed by atoms with E-state index in [0.717, 1.165) is 18.4 Å². The second-order valence-electron chi connectivity index (χ2n) is 26.4. The lowest BCUT2D eigenvalue weighted by Crippen LogP contribution is -2.61. The lowest BCUT2D eigenvalue weighted by Gasteiger charge is -2.40. The smallest absolute Gasteiger partial charge is 0.407 e. The van der Waals surface area contributed by atoms with Crippen molar-refractivity contribution in [2.45, 2.75) is 182 Å². The van der Waals surface area contributed by atoms with Crippen molar-refractivity contribution in [3.8, 4) is 0 Å². The van der Waals surface area contributed by atoms with Gasteiger partial charge in [0.2, 0.25) is 51.4 Å². The highest BCUT2D eigenvalue weighted by Crippen LogP contribution is 2.42. The van der Waals surface area contributed by atoms with Gasteiger partial charge in [0.15, 0.2) is 0 Å². The molecule has 3 aromatic rings. The number of nitrogens with one attached hydrogen (secondary N) is 8. The average molecular weight is 1300 g/mol. The van der Waals surface area contributed by atoms with Crippen LogP contribution >= 0.6 is 0 Å². The standard InChI is InChI=1S/C67H97N11O13S/c1-41(2)52(77(12)63(86)57(66(6,7)8)75-61(84)56(69-11)67(9,10)48-20-15-13-16-21-48)36-43(5)58(81)76-92(89,90)40-46-26-24-44(25-27-46)38-71-65(88)91-39-45-28-32-49(33-29-45)72-59(82)51(22-19-34-70-64(68)87)73-60(83)55(42(3)4)74-53(79)23-17-14-18-35-78-54(80)37-50(62(78)85)47-30-31-47/h13,15-16,20-21,24-29,32-33,36,41-42,47,50-52,55-57,69H,14,17-19,22-23,30-31,34-35,37-40H2,1-12H3,(H,71,88)(H,72,82)(H,73,83)(H,74,79)(H,75,84)(H,76,81)(H3,68,70,87)/b43-36+/t50?,51-,52+,55-,56+,57+/m0/s1. The maximum absolute atomic E-state index is 14.4. The molecular formula is C67H97N11O13S. The molecule has 5 rings (SSSR count). The van der Waals surface area contributed by atoms with Crippen molar-refractivity contribution in [1.29, 1.82) is 0 Å². The van der Waals surface area contributed by atoms with Crippen molar-refractivity contribution in [2.75, 3.05) is 32.5 Å². The topological polar surface area (TPSA) is 343 Å². The molecule has 6 atom stereocenters. The molecule has 25 heteroatoms. The highest BCUT2D eigenvalue weighted by atomic mass is 32.2. The minimum atomic E-state index is -4.21. The maximum atomic E-state index is 14.4. The SMILES string of the molecule is CN[C@H](C(=O)N[C@H](C(=O)N(C)[C@H](/C=C(\C)C(=O)NS(=O)(=O)Cc1ccc(CNC(=O)OCc2ccc(NC(=O)[C@H](CCCNC(N)=O)NC(=O)[C@@H](NC(=O)CCCCCN3C(=O)CC(C4CC4)C3=O)C(C)C)cc2)cc1)C(C)C)C(C)(C)C)C(C)(C)c1ccccc1. The zero-order chi connectivity index (χ0) is 68.3. The van der Waals surface area contributed by atoms with E-state index in [-0.39, 0.29) is 98.2 Å². The molecule has 2 aliphatic rings. The summed E-state index contributed by atoms with van der Waals surface area (Å²) in [6.07, 6.45) is 5.18. The Bertz CT molecular complexity index is 3220. The molecule has 1 saturated carbocycles. The number of amides is 11. The van der Waals surface area contributed by atoms with E-state index in [0.29, 0.717) is 54.1 Å². The molecule has 0 aromatic heterocycles. The third kappa shape index (κ3) is 22.6. The number of rotatable bonds is 34. The second-order valence-corrected chi connectivity index (χ2v) is 28.1. The molecule has 1 aliphatic heterocycles. The summed E-state index contributed by atoms with van der Waals surface area (Å²) in [4.78, 5) is 134. The van der Waals surface area contributed by atoms with Crippen molar-refractivity contribution in [1.82, 2.24) is 46.4 Å². The number of benzene rings is 3. The Hall–Kier alpha value is -8.19. The minimum Gasteiger partial charge on any atom is -0.445 e. The van der Waals surface area contributed by atoms with Crippen LogP contribution < -0.4 is 47.7 Å². The number of likely N-dealkylation sites (tertiary alicyclic amines) is 1. The number of unbranched alkanes of at least 4 members (excludes halogenated alkanes) is 2. The van der Waals surface area contributed by atoms with E-state index in [1.807, 2.05) is 78.8 Å². The van der Waals surface area contributed by atoms with Crippen LogP contribution in [0.25, 0.3) is 0 Å². The fourth-order valence-corrected chi connectivity index (χ4v) is 12.2. The molecule has 1 saturated heterocycles. The number of likely N-dealkylation sites (N-methyl/N-ethyl adjacent to an activating group) is 2. The van der Waals surface area contributed by atoms with Gasteiger partial charge in [-0.3, -0.25) is 43.3 Å². The molecule has 1 heterocycles. The molecule has 0 bridgehead atoms. The van der Waals surface area contributed by atoms with E-state index >= 15 is 0 Å². The lowest BCUT2D eigenvalue weighted by atomic mass is 9.76. The van der Waals surface area contributed by atoms with Gasteiger partial charge in [-0.2, -0.15) is 0 Å². The molecule has 504 valence electrons. The molecule has 10 N–H and O–H groups in total. The number of nitrogens with two attached hydrogens (primary N) is 1. The minimum absolute atomic E-state index is 0.0348. The summed E-state index contributed by atoms with van der Waals surface area (Å²) in [7, 11) is -0.922. The summed E-state index contributed by atoms with van der Waals surface area (Å²) in [6, 6.07) is 17.3. The first-order valence-electron chi connectivity index (χ1n) is 31.6. The highest BCUT2D eigenvalue weighted by molar-refractivity contribution is 7.89. The van der Waals surface area contributed by atoms with Gasteiger partial charge < -0.3 is 52.6 Å². The number of carbonyl (C=O) groups excluding carboxylic acids is 10. The normalized spacial score (nSPS) is 16.2. The van der Waals surface area contributed by atoms with Crippen LogP contribution in [0, 0.1) is 29.1 Å². The van der Waals surface area contributed by atoms with Crippen LogP contribution in [0.2, 0.25) is 0 Å². The van der Waals surface area contributed by atoms with E-state index in [1.54, 1.807) is 82.5 Å². The van der Waals surface area contributed by atoms with Gasteiger partial charge >= 0.3 is 12.1 Å². The summed E-state index contributed by atoms with van der Waals surface area (Å²) < 4.78 is 34.2. The molecule has 0 radical (unpaired) electrons. The van der Waals surface area contributed by atoms with Crippen LogP contribution in [0.5, 0.6) is 0 Å². The molecule has 92 heavy (non-hydrogen) atoms. The Morgan fingerprint density at radius 1 is 0.750 bits per heavy atom. The lowest BCUT2D eigenvalue weighted by molar-refractivity contribution is -0.141. The summed E-state index contributed by atoms with van der Waals surface area (Å²) in [6.45, 7) is 18.5. The van der Waals surface area contributed by atoms with Gasteiger partial charge in [0.05, 0.1) is 23.8 Å². The number of alkyl carbamates (subject to hydrolysis) is 1. The van der Waals surface area contributed by atoms with Crippen molar-refractivity contribution in [3.63, 3.8) is 0 Å². The number of carbonyl (C=O) groups is 10. The Morgan fingerprint density at radius 2 is 1.38 bits per heavy atom. The first kappa shape index (κ1) is 74.5. The molecular weight excluding hydrogens is 1200 g/mol. The molecule has 24 nitrogen and oxygen atoms in total. The van der Waals surface area contributed by atoms with E-state index in [9.17, 15) is 56.4 Å². The summed E-state index contributed by atoms with van der Waals surface area (Å²) >= 11 is 0. The third-order valence-corrected chi connectivity index (χ3v) is 17.9. The van der Waals surface area contributed by atoms with Gasteiger partial charge in [-0.1, -0.05) is 142 Å². The van der Waals surface area contributed by atoms with Gasteiger partial charge in [0.1, 0.15) is 24.7 Å². The van der Waals surface area contributed by atoms with Crippen molar-refractivity contribution in [2.24, 2.45) is 34.8 Å². The van der Waals surface area contributed by atoms with Crippen LogP contribution in [0.3, 0.4) is 0 Å². The molecule has 0 spiro atoms. The number of anilines is 1. The van der Waals surface area contributed by atoms with Gasteiger partial charge in [-0.25, -0.2) is 22.7 Å². The summed E-state index contributed by atoms with van der Waals surface area (Å²) in [5, 5.41) is 19.6. The monoisotopic (exact) mass is 1300 g/mol. The summed E-state index contributed by atoms with van der Waals surface area (Å²) in [5.74, 6) is -4.35. The van der Waals surface area contributed by atoms with Crippen LogP contribution in [-0.4, -0.2) is 135 Å². The van der Waals surface area contributed by atoms with Crippen LogP contribution in [0.4, 0.5) is 15.3 Å². The quantitative estimate of drug-likeness (QED) is 0.0190. The number of hydrogen-bond donors (Lipinski definition) is 9. The van der Waals surface area contributed by atoms with E-state index in [2.05, 4.69) is 41.9 Å². The van der Waals surface area contributed by atoms with Crippen LogP contribution in [0.15, 0.2) is 90.5 Å². The Balaban J connectivity index is 1.07. The number of ether oxygens (including phenoxy) is 1. The number of sulfonamides is 1. The van der Waals surface area contributed by atoms with Gasteiger partial charge in [0.25, 0.3) is 5.91 Å². The van der Waals surface area contributed by atoms with Crippen LogP contribution in [0.1, 0.15) is 149 Å². The first-order chi connectivity index (χ1) is 43.2. The number of nitrogens with zero attached hydrogens (tertiary/aromatic N) is 2. The zero-order valence-corrected chi connectivity index (χ0v) is 56.2. The third-order valence-electron chi connectivity index (χ3n) is 16.7. The average Bonchev–Trinajstić information content (AvgIpc) is 1.42. The number of urea groups is 1. The largest absolute Gasteiger partial charge is 0.445 e. The predicted molar refractivity (Wildman–Crippen MR) is 350 cm³/mol. The maximum Gasteiger partial charge on any atom is 0.407 e. The predicted octanol–water partition coefficient (Wildman–Crippen LogP) is 5.94. The molecule has 1 aliphatic carbocycles. The number of hydrogen-bond acceptors (Lipinski definition) is 14. The molecule has 3 aromatic carbocycles. The highest BCUT2D eigenvalue weighted by Gasteiger charge is 2.46. The zero-order valence-electron chi connectivity index (χ0n) is 55.4. The molecule has 11 amide bonds. The number of primary amides is 1. The fraction of sp³-hybridized carbons (Fsp3) is 0.552. The number of imide groups is 1. The Labute approximate surface area is 541 Å². The van der Waals surface area contributed by atoms with E-state index < -0.39 is 86.7 Å². The summed E-state index contributed by atoms with van der Waals surface area (Å²) in [5.41, 5.74) is 6.79. The first-order valence-corrected chi connectivity index (χ1v) is 33.3. The van der Waals surface area contributed by atoms with Crippen LogP contribution in [-0.2, 0) is 77.4 Å². The van der Waals surface area contributed by atoms with Gasteiger partial charge in [-0.05, 0) is 110 Å². The fourth-order valence-electron chi connectivity index (χ4n) is 11.1. The molecule has 1 unspecified atom stereocenters.